The Morgan fingerprint density at radius 2 is 1.84 bits per heavy atom. The molecule has 0 aliphatic heterocycles. The Hall–Kier alpha value is -1.31. The summed E-state index contributed by atoms with van der Waals surface area (Å²) >= 11 is 6.35. The summed E-state index contributed by atoms with van der Waals surface area (Å²) < 4.78 is 0. The van der Waals surface area contributed by atoms with Gasteiger partial charge in [-0.2, -0.15) is 0 Å². The van der Waals surface area contributed by atoms with Gasteiger partial charge in [-0.15, -0.1) is 0 Å². The van der Waals surface area contributed by atoms with Gasteiger partial charge in [0.15, 0.2) is 0 Å². The van der Waals surface area contributed by atoms with Crippen LogP contribution in [0.2, 0.25) is 5.02 Å². The van der Waals surface area contributed by atoms with Gasteiger partial charge in [-0.3, -0.25) is 0 Å². The van der Waals surface area contributed by atoms with E-state index in [1.165, 1.54) is 23.1 Å². The first kappa shape index (κ1) is 12.7. The largest absolute Gasteiger partial charge is 0.330 e. The fourth-order valence-corrected chi connectivity index (χ4v) is 3.23. The van der Waals surface area contributed by atoms with Crippen molar-refractivity contribution in [1.29, 1.82) is 0 Å². The first-order valence-electron chi connectivity index (χ1n) is 6.85. The van der Waals surface area contributed by atoms with Gasteiger partial charge < -0.3 is 5.73 Å². The highest BCUT2D eigenvalue weighted by atomic mass is 35.5. The molecule has 0 unspecified atom stereocenters. The average Bonchev–Trinajstić information content (AvgIpc) is 2.47. The van der Waals surface area contributed by atoms with Crippen molar-refractivity contribution in [3.05, 3.63) is 58.6 Å². The molecule has 0 amide bonds. The van der Waals surface area contributed by atoms with E-state index in [-0.39, 0.29) is 0 Å². The molecule has 98 valence electrons. The third kappa shape index (κ3) is 2.41. The minimum Gasteiger partial charge on any atom is -0.330 e. The smallest absolute Gasteiger partial charge is 0.0484 e. The molecule has 2 aromatic carbocycles. The van der Waals surface area contributed by atoms with Crippen molar-refractivity contribution in [1.82, 2.24) is 0 Å². The molecule has 0 radical (unpaired) electrons. The number of halogens is 1. The van der Waals surface area contributed by atoms with Gasteiger partial charge in [-0.25, -0.2) is 0 Å². The zero-order chi connectivity index (χ0) is 13.2. The van der Waals surface area contributed by atoms with Crippen LogP contribution in [0, 0.1) is 5.92 Å². The van der Waals surface area contributed by atoms with Crippen LogP contribution in [0.25, 0.3) is 11.1 Å². The number of fused-ring (bicyclic) bond motifs is 1. The van der Waals surface area contributed by atoms with Gasteiger partial charge in [0, 0.05) is 10.6 Å². The predicted octanol–water partition coefficient (Wildman–Crippen LogP) is 4.07. The lowest BCUT2D eigenvalue weighted by molar-refractivity contribution is 0.469. The minimum absolute atomic E-state index is 0.608. The molecule has 1 aliphatic carbocycles. The van der Waals surface area contributed by atoms with Crippen molar-refractivity contribution in [3.8, 4) is 11.1 Å². The number of hydrogen-bond acceptors (Lipinski definition) is 1. The van der Waals surface area contributed by atoms with Crippen molar-refractivity contribution in [2.75, 3.05) is 6.54 Å². The van der Waals surface area contributed by atoms with E-state index in [2.05, 4.69) is 24.3 Å². The van der Waals surface area contributed by atoms with E-state index in [0.717, 1.165) is 30.0 Å². The normalized spacial score (nSPS) is 18.1. The molecule has 1 atom stereocenters. The van der Waals surface area contributed by atoms with Crippen molar-refractivity contribution >= 4 is 11.6 Å². The SMILES string of the molecule is NC[C@H]1CCc2cccc(-c3ccccc3Cl)c2C1. The van der Waals surface area contributed by atoms with Crippen LogP contribution in [0.5, 0.6) is 0 Å². The lowest BCUT2D eigenvalue weighted by atomic mass is 9.80. The summed E-state index contributed by atoms with van der Waals surface area (Å²) in [7, 11) is 0. The average molecular weight is 272 g/mol. The summed E-state index contributed by atoms with van der Waals surface area (Å²) in [4.78, 5) is 0. The molecule has 3 rings (SSSR count). The first-order chi connectivity index (χ1) is 9.29. The zero-order valence-corrected chi connectivity index (χ0v) is 11.7. The summed E-state index contributed by atoms with van der Waals surface area (Å²) in [5, 5.41) is 0.825. The Labute approximate surface area is 119 Å². The number of benzene rings is 2. The van der Waals surface area contributed by atoms with Crippen LogP contribution in [0.1, 0.15) is 17.5 Å². The third-order valence-electron chi connectivity index (χ3n) is 4.09. The van der Waals surface area contributed by atoms with Gasteiger partial charge in [0.2, 0.25) is 0 Å². The van der Waals surface area contributed by atoms with Crippen molar-refractivity contribution in [2.24, 2.45) is 11.7 Å². The number of hydrogen-bond donors (Lipinski definition) is 1. The molecular formula is C17H18ClN. The molecule has 0 spiro atoms. The lowest BCUT2D eigenvalue weighted by Gasteiger charge is -2.26. The molecule has 0 aromatic heterocycles. The molecule has 0 saturated heterocycles. The Morgan fingerprint density at radius 3 is 2.63 bits per heavy atom. The summed E-state index contributed by atoms with van der Waals surface area (Å²) in [6.45, 7) is 0.774. The molecule has 0 heterocycles. The maximum absolute atomic E-state index is 6.35. The maximum atomic E-state index is 6.35. The molecular weight excluding hydrogens is 254 g/mol. The zero-order valence-electron chi connectivity index (χ0n) is 10.9. The first-order valence-corrected chi connectivity index (χ1v) is 7.23. The number of nitrogens with two attached hydrogens (primary N) is 1. The van der Waals surface area contributed by atoms with Crippen molar-refractivity contribution in [3.63, 3.8) is 0 Å². The molecule has 2 N–H and O–H groups in total. The Bertz CT molecular complexity index is 592. The van der Waals surface area contributed by atoms with Crippen LogP contribution < -0.4 is 5.73 Å². The second-order valence-electron chi connectivity index (χ2n) is 5.27. The van der Waals surface area contributed by atoms with Crippen LogP contribution in [0.3, 0.4) is 0 Å². The molecule has 19 heavy (non-hydrogen) atoms. The van der Waals surface area contributed by atoms with Crippen molar-refractivity contribution < 1.29 is 0 Å². The molecule has 2 aromatic rings. The van der Waals surface area contributed by atoms with Crippen molar-refractivity contribution in [2.45, 2.75) is 19.3 Å². The van der Waals surface area contributed by atoms with Crippen LogP contribution in [-0.4, -0.2) is 6.54 Å². The second kappa shape index (κ2) is 5.36. The lowest BCUT2D eigenvalue weighted by Crippen LogP contribution is -2.22. The standard InChI is InChI=1S/C17H18ClN/c18-17-7-2-1-5-15(17)14-6-3-4-13-9-8-12(11-19)10-16(13)14/h1-7,12H,8-11,19H2/t12-/m0/s1. The highest BCUT2D eigenvalue weighted by Gasteiger charge is 2.20. The van der Waals surface area contributed by atoms with E-state index in [4.69, 9.17) is 17.3 Å². The number of rotatable bonds is 2. The van der Waals surface area contributed by atoms with Crippen LogP contribution in [0.4, 0.5) is 0 Å². The van der Waals surface area contributed by atoms with Crippen LogP contribution in [0.15, 0.2) is 42.5 Å². The third-order valence-corrected chi connectivity index (χ3v) is 4.41. The predicted molar refractivity (Wildman–Crippen MR) is 81.5 cm³/mol. The Balaban J connectivity index is 2.11. The van der Waals surface area contributed by atoms with E-state index in [0.29, 0.717) is 5.92 Å². The van der Waals surface area contributed by atoms with E-state index in [1.807, 2.05) is 18.2 Å². The Kier molecular flexibility index (Phi) is 3.58. The fourth-order valence-electron chi connectivity index (χ4n) is 2.99. The monoisotopic (exact) mass is 271 g/mol. The molecule has 0 bridgehead atoms. The second-order valence-corrected chi connectivity index (χ2v) is 5.67. The number of aryl methyl sites for hydroxylation is 1. The van der Waals surface area contributed by atoms with E-state index >= 15 is 0 Å². The summed E-state index contributed by atoms with van der Waals surface area (Å²) in [5.41, 5.74) is 11.2. The molecule has 0 fully saturated rings. The van der Waals surface area contributed by atoms with E-state index in [1.54, 1.807) is 0 Å². The molecule has 2 heteroatoms. The van der Waals surface area contributed by atoms with E-state index < -0.39 is 0 Å². The van der Waals surface area contributed by atoms with Gasteiger partial charge in [0.05, 0.1) is 0 Å². The molecule has 0 saturated carbocycles. The summed E-state index contributed by atoms with van der Waals surface area (Å²) in [6, 6.07) is 14.6. The highest BCUT2D eigenvalue weighted by molar-refractivity contribution is 6.33. The van der Waals surface area contributed by atoms with Crippen LogP contribution >= 0.6 is 11.6 Å². The fraction of sp³-hybridized carbons (Fsp3) is 0.294. The van der Waals surface area contributed by atoms with Crippen LogP contribution in [-0.2, 0) is 12.8 Å². The summed E-state index contributed by atoms with van der Waals surface area (Å²) in [6.07, 6.45) is 3.41. The topological polar surface area (TPSA) is 26.0 Å². The van der Waals surface area contributed by atoms with Gasteiger partial charge in [-0.1, -0.05) is 48.0 Å². The Morgan fingerprint density at radius 1 is 1.05 bits per heavy atom. The summed E-state index contributed by atoms with van der Waals surface area (Å²) in [5.74, 6) is 0.608. The molecule has 1 aliphatic rings. The minimum atomic E-state index is 0.608. The van der Waals surface area contributed by atoms with Gasteiger partial charge in [-0.05, 0) is 54.5 Å². The van der Waals surface area contributed by atoms with E-state index in [9.17, 15) is 0 Å². The highest BCUT2D eigenvalue weighted by Crippen LogP contribution is 2.36. The van der Waals surface area contributed by atoms with Gasteiger partial charge in [0.25, 0.3) is 0 Å². The van der Waals surface area contributed by atoms with Gasteiger partial charge in [0.1, 0.15) is 0 Å². The van der Waals surface area contributed by atoms with Gasteiger partial charge >= 0.3 is 0 Å². The molecule has 1 nitrogen and oxygen atoms in total. The maximum Gasteiger partial charge on any atom is 0.0484 e. The quantitative estimate of drug-likeness (QED) is 0.875.